The van der Waals surface area contributed by atoms with E-state index in [-0.39, 0.29) is 36.8 Å². The minimum Gasteiger partial charge on any atom is -0.406 e. The van der Waals surface area contributed by atoms with E-state index in [0.29, 0.717) is 44.2 Å². The van der Waals surface area contributed by atoms with E-state index in [4.69, 9.17) is 9.26 Å². The molecule has 0 aliphatic carbocycles. The Morgan fingerprint density at radius 3 is 2.55 bits per heavy atom. The first-order valence-corrected chi connectivity index (χ1v) is 10.6. The molecule has 2 aromatic rings. The van der Waals surface area contributed by atoms with Gasteiger partial charge < -0.3 is 28.9 Å². The molecule has 3 heterocycles. The molecule has 9 nitrogen and oxygen atoms in total. The van der Waals surface area contributed by atoms with Gasteiger partial charge in [0.05, 0.1) is 12.0 Å². The Morgan fingerprint density at radius 1 is 1.18 bits per heavy atom. The van der Waals surface area contributed by atoms with E-state index in [0.717, 1.165) is 5.56 Å². The van der Waals surface area contributed by atoms with Crippen LogP contribution in [-0.2, 0) is 11.3 Å². The second-order valence-electron chi connectivity index (χ2n) is 8.30. The Hall–Kier alpha value is -2.86. The molecule has 180 valence electrons. The van der Waals surface area contributed by atoms with Crippen LogP contribution in [0.2, 0.25) is 0 Å². The minimum atomic E-state index is -4.77. The lowest BCUT2D eigenvalue weighted by Gasteiger charge is -2.38. The van der Waals surface area contributed by atoms with Gasteiger partial charge in [-0.2, -0.15) is 4.98 Å². The fourth-order valence-corrected chi connectivity index (χ4v) is 4.35. The number of likely N-dealkylation sites (tertiary alicyclic amines) is 2. The molecule has 2 saturated heterocycles. The number of halogens is 3. The number of methoxy groups -OCH3 is 1. The molecule has 0 radical (unpaired) electrons. The summed E-state index contributed by atoms with van der Waals surface area (Å²) < 4.78 is 51.9. The normalized spacial score (nSPS) is 23.7. The van der Waals surface area contributed by atoms with E-state index >= 15 is 0 Å². The molecule has 3 atom stereocenters. The lowest BCUT2D eigenvalue weighted by molar-refractivity contribution is -0.274. The molecule has 2 aliphatic heterocycles. The summed E-state index contributed by atoms with van der Waals surface area (Å²) in [6, 6.07) is 5.47. The first-order chi connectivity index (χ1) is 15.7. The molecule has 0 spiro atoms. The fourth-order valence-electron chi connectivity index (χ4n) is 4.35. The summed E-state index contributed by atoms with van der Waals surface area (Å²) in [5.74, 6) is 0.0351. The van der Waals surface area contributed by atoms with Crippen molar-refractivity contribution in [2.45, 2.75) is 43.8 Å². The van der Waals surface area contributed by atoms with Crippen molar-refractivity contribution in [3.63, 3.8) is 0 Å². The maximum atomic E-state index is 13.1. The third kappa shape index (κ3) is 5.74. The van der Waals surface area contributed by atoms with E-state index in [1.54, 1.807) is 21.9 Å². The molecule has 1 aromatic heterocycles. The van der Waals surface area contributed by atoms with Gasteiger partial charge in [-0.05, 0) is 30.5 Å². The van der Waals surface area contributed by atoms with Crippen molar-refractivity contribution in [1.82, 2.24) is 19.9 Å². The average Bonchev–Trinajstić information content (AvgIpc) is 3.42. The number of β-amino-alcohol motifs (C(OH)–C–C–N with tert-alkyl or cyclic N) is 1. The summed E-state index contributed by atoms with van der Waals surface area (Å²) in [7, 11) is 1.52. The molecule has 33 heavy (non-hydrogen) atoms. The van der Waals surface area contributed by atoms with Gasteiger partial charge in [0, 0.05) is 39.2 Å². The van der Waals surface area contributed by atoms with Gasteiger partial charge in [-0.1, -0.05) is 17.3 Å². The van der Waals surface area contributed by atoms with Crippen LogP contribution in [0.5, 0.6) is 5.75 Å². The maximum absolute atomic E-state index is 13.1. The average molecular weight is 470 g/mol. The zero-order valence-corrected chi connectivity index (χ0v) is 18.0. The monoisotopic (exact) mass is 470 g/mol. The van der Waals surface area contributed by atoms with Crippen molar-refractivity contribution >= 4 is 6.03 Å². The molecule has 1 aromatic carbocycles. The van der Waals surface area contributed by atoms with E-state index in [1.807, 2.05) is 0 Å². The smallest absolute Gasteiger partial charge is 0.406 e. The van der Waals surface area contributed by atoms with Crippen LogP contribution in [0.4, 0.5) is 18.0 Å². The highest BCUT2D eigenvalue weighted by molar-refractivity contribution is 5.75. The number of aliphatic hydroxyl groups excluding tert-OH is 1. The van der Waals surface area contributed by atoms with Crippen molar-refractivity contribution in [2.75, 3.05) is 33.3 Å². The molecular formula is C21H25F3N4O5. The van der Waals surface area contributed by atoms with Gasteiger partial charge in [0.2, 0.25) is 5.89 Å². The highest BCUT2D eigenvalue weighted by Crippen LogP contribution is 2.37. The van der Waals surface area contributed by atoms with Gasteiger partial charge in [0.1, 0.15) is 12.4 Å². The Labute approximate surface area is 188 Å². The molecule has 0 saturated carbocycles. The van der Waals surface area contributed by atoms with Gasteiger partial charge in [-0.15, -0.1) is 13.2 Å². The van der Waals surface area contributed by atoms with E-state index in [2.05, 4.69) is 14.9 Å². The third-order valence-corrected chi connectivity index (χ3v) is 5.85. The summed E-state index contributed by atoms with van der Waals surface area (Å²) in [4.78, 5) is 20.8. The topological polar surface area (TPSA) is 101 Å². The van der Waals surface area contributed by atoms with Crippen molar-refractivity contribution in [2.24, 2.45) is 0 Å². The number of hydrogen-bond acceptors (Lipinski definition) is 7. The highest BCUT2D eigenvalue weighted by Gasteiger charge is 2.38. The number of piperidine rings is 1. The lowest BCUT2D eigenvalue weighted by Crippen LogP contribution is -2.48. The predicted octanol–water partition coefficient (Wildman–Crippen LogP) is 2.87. The molecule has 4 rings (SSSR count). The van der Waals surface area contributed by atoms with Crippen molar-refractivity contribution in [3.05, 3.63) is 41.5 Å². The summed E-state index contributed by atoms with van der Waals surface area (Å²) in [6.07, 6.45) is -4.21. The van der Waals surface area contributed by atoms with Gasteiger partial charge >= 0.3 is 12.4 Å². The number of carbonyl (C=O) groups excluding carboxylic acids is 1. The number of alkyl halides is 3. The Morgan fingerprint density at radius 2 is 1.91 bits per heavy atom. The second kappa shape index (κ2) is 9.56. The van der Waals surface area contributed by atoms with Gasteiger partial charge in [0.25, 0.3) is 0 Å². The van der Waals surface area contributed by atoms with Crippen LogP contribution in [0.25, 0.3) is 0 Å². The number of aliphatic hydroxyl groups is 1. The van der Waals surface area contributed by atoms with Crippen LogP contribution in [0.3, 0.4) is 0 Å². The number of benzene rings is 1. The maximum Gasteiger partial charge on any atom is 0.573 e. The van der Waals surface area contributed by atoms with Crippen LogP contribution in [-0.4, -0.2) is 76.8 Å². The van der Waals surface area contributed by atoms with Gasteiger partial charge in [-0.25, -0.2) is 4.79 Å². The van der Waals surface area contributed by atoms with E-state index in [1.165, 1.54) is 19.2 Å². The third-order valence-electron chi connectivity index (χ3n) is 5.85. The van der Waals surface area contributed by atoms with Crippen molar-refractivity contribution in [3.8, 4) is 5.75 Å². The molecule has 2 fully saturated rings. The number of aromatic nitrogens is 2. The van der Waals surface area contributed by atoms with Crippen LogP contribution < -0.4 is 4.74 Å². The van der Waals surface area contributed by atoms with Crippen LogP contribution in [0.15, 0.2) is 28.8 Å². The first kappa shape index (κ1) is 23.3. The van der Waals surface area contributed by atoms with Crippen LogP contribution in [0, 0.1) is 0 Å². The number of ether oxygens (including phenoxy) is 2. The fraction of sp³-hybridized carbons (Fsp3) is 0.571. The van der Waals surface area contributed by atoms with Crippen molar-refractivity contribution in [1.29, 1.82) is 0 Å². The molecule has 1 N–H and O–H groups in total. The number of amides is 2. The Balaban J connectivity index is 1.55. The van der Waals surface area contributed by atoms with Crippen LogP contribution >= 0.6 is 0 Å². The summed E-state index contributed by atoms with van der Waals surface area (Å²) in [5, 5.41) is 13.7. The highest BCUT2D eigenvalue weighted by atomic mass is 19.4. The second-order valence-corrected chi connectivity index (χ2v) is 8.30. The van der Waals surface area contributed by atoms with E-state index < -0.39 is 12.5 Å². The number of hydrogen-bond donors (Lipinski definition) is 1. The Kier molecular flexibility index (Phi) is 6.75. The molecular weight excluding hydrogens is 445 g/mol. The van der Waals surface area contributed by atoms with Gasteiger partial charge in [0.15, 0.2) is 5.82 Å². The Bertz CT molecular complexity index is 952. The standard InChI is InChI=1S/C21H25F3N4O5/c1-31-12-18-25-19(33-26-18)15-8-14(13-2-4-17(5-3-13)32-21(22,23)24)9-28(10-15)20(30)27-7-6-16(29)11-27/h2-5,14-16,29H,6-12H2,1H3. The van der Waals surface area contributed by atoms with E-state index in [9.17, 15) is 23.1 Å². The number of carbonyl (C=O) groups is 1. The zero-order valence-electron chi connectivity index (χ0n) is 18.0. The molecule has 2 aliphatic rings. The predicted molar refractivity (Wildman–Crippen MR) is 107 cm³/mol. The molecule has 0 bridgehead atoms. The SMILES string of the molecule is COCc1noc(C2CC(c3ccc(OC(F)(F)F)cc3)CN(C(=O)N3CCC(O)C3)C2)n1. The first-order valence-electron chi connectivity index (χ1n) is 10.6. The van der Waals surface area contributed by atoms with Gasteiger partial charge in [-0.3, -0.25) is 0 Å². The summed E-state index contributed by atoms with van der Waals surface area (Å²) in [5.41, 5.74) is 0.769. The number of nitrogens with zero attached hydrogens (tertiary/aromatic N) is 4. The summed E-state index contributed by atoms with van der Waals surface area (Å²) in [6.45, 7) is 1.65. The molecule has 3 unspecified atom stereocenters. The van der Waals surface area contributed by atoms with Crippen molar-refractivity contribution < 1.29 is 37.1 Å². The number of urea groups is 1. The quantitative estimate of drug-likeness (QED) is 0.717. The largest absolute Gasteiger partial charge is 0.573 e. The summed E-state index contributed by atoms with van der Waals surface area (Å²) >= 11 is 0. The van der Waals surface area contributed by atoms with Crippen LogP contribution in [0.1, 0.15) is 42.0 Å². The minimum absolute atomic E-state index is 0.169. The molecule has 12 heteroatoms. The lowest BCUT2D eigenvalue weighted by atomic mass is 9.84. The molecule has 2 amide bonds. The number of rotatable bonds is 5. The zero-order chi connectivity index (χ0) is 23.6.